The number of rotatable bonds is 6. The Kier molecular flexibility index (Phi) is 4.73. The first-order valence-corrected chi connectivity index (χ1v) is 6.23. The van der Waals surface area contributed by atoms with Crippen molar-refractivity contribution in [3.05, 3.63) is 36.2 Å². The maximum Gasteiger partial charge on any atom is 0.249 e. The van der Waals surface area contributed by atoms with Gasteiger partial charge in [0, 0.05) is 7.11 Å². The number of nitrogen functional groups attached to an aromatic ring is 1. The lowest BCUT2D eigenvalue weighted by molar-refractivity contribution is 0.184. The van der Waals surface area contributed by atoms with E-state index in [-0.39, 0.29) is 11.6 Å². The molecule has 0 bridgehead atoms. The minimum atomic E-state index is 0.276. The normalized spacial score (nSPS) is 10.3. The molecule has 0 aliphatic rings. The van der Waals surface area contributed by atoms with E-state index in [1.54, 1.807) is 7.11 Å². The van der Waals surface area contributed by atoms with Crippen LogP contribution in [0.15, 0.2) is 30.6 Å². The van der Waals surface area contributed by atoms with Crippen LogP contribution in [0.3, 0.4) is 0 Å². The molecule has 106 valence electrons. The minimum Gasteiger partial charge on any atom is -0.476 e. The zero-order valence-electron chi connectivity index (χ0n) is 11.5. The first kappa shape index (κ1) is 14.1. The molecule has 0 amide bonds. The van der Waals surface area contributed by atoms with Gasteiger partial charge in [-0.25, -0.2) is 0 Å². The van der Waals surface area contributed by atoms with E-state index in [2.05, 4.69) is 9.97 Å². The van der Waals surface area contributed by atoms with E-state index in [0.717, 1.165) is 5.56 Å². The van der Waals surface area contributed by atoms with Crippen LogP contribution in [-0.4, -0.2) is 23.7 Å². The Morgan fingerprint density at radius 2 is 2.00 bits per heavy atom. The van der Waals surface area contributed by atoms with Gasteiger partial charge < -0.3 is 19.9 Å². The van der Waals surface area contributed by atoms with Gasteiger partial charge in [-0.2, -0.15) is 9.97 Å². The molecule has 0 unspecified atom stereocenters. The van der Waals surface area contributed by atoms with Gasteiger partial charge in [0.1, 0.15) is 12.1 Å². The van der Waals surface area contributed by atoms with Crippen LogP contribution in [0.5, 0.6) is 17.5 Å². The quantitative estimate of drug-likeness (QED) is 0.872. The first-order valence-electron chi connectivity index (χ1n) is 6.23. The Balaban J connectivity index is 2.21. The van der Waals surface area contributed by atoms with E-state index >= 15 is 0 Å². The van der Waals surface area contributed by atoms with Crippen LogP contribution in [0.25, 0.3) is 0 Å². The van der Waals surface area contributed by atoms with Crippen molar-refractivity contribution >= 4 is 5.69 Å². The van der Waals surface area contributed by atoms with E-state index in [0.29, 0.717) is 24.8 Å². The zero-order chi connectivity index (χ0) is 14.4. The third-order valence-electron chi connectivity index (χ3n) is 2.52. The molecule has 0 aliphatic carbocycles. The molecule has 1 heterocycles. The molecule has 0 aliphatic heterocycles. The van der Waals surface area contributed by atoms with Crippen molar-refractivity contribution in [2.24, 2.45) is 0 Å². The first-order chi connectivity index (χ1) is 9.74. The topological polar surface area (TPSA) is 79.5 Å². The molecule has 0 radical (unpaired) electrons. The molecule has 2 aromatic rings. The van der Waals surface area contributed by atoms with Crippen molar-refractivity contribution in [2.45, 2.75) is 13.5 Å². The molecule has 0 fully saturated rings. The van der Waals surface area contributed by atoms with Crippen LogP contribution in [0.2, 0.25) is 0 Å². The summed E-state index contributed by atoms with van der Waals surface area (Å²) in [6, 6.07) is 7.52. The number of ether oxygens (including phenoxy) is 3. The number of methoxy groups -OCH3 is 1. The highest BCUT2D eigenvalue weighted by atomic mass is 16.5. The van der Waals surface area contributed by atoms with Crippen molar-refractivity contribution in [3.8, 4) is 17.5 Å². The Bertz CT molecular complexity index is 575. The number of nitrogens with zero attached hydrogens (tertiary/aromatic N) is 2. The largest absolute Gasteiger partial charge is 0.476 e. The molecule has 20 heavy (non-hydrogen) atoms. The summed E-state index contributed by atoms with van der Waals surface area (Å²) in [4.78, 5) is 7.98. The molecule has 2 rings (SSSR count). The van der Waals surface area contributed by atoms with E-state index in [1.165, 1.54) is 6.33 Å². The highest BCUT2D eigenvalue weighted by Gasteiger charge is 2.11. The smallest absolute Gasteiger partial charge is 0.249 e. The molecule has 1 aromatic heterocycles. The monoisotopic (exact) mass is 275 g/mol. The van der Waals surface area contributed by atoms with Crippen LogP contribution in [-0.2, 0) is 11.3 Å². The summed E-state index contributed by atoms with van der Waals surface area (Å²) in [5.41, 5.74) is 7.20. The van der Waals surface area contributed by atoms with Crippen LogP contribution < -0.4 is 15.2 Å². The Morgan fingerprint density at radius 3 is 2.75 bits per heavy atom. The maximum atomic E-state index is 5.91. The van der Waals surface area contributed by atoms with Crippen molar-refractivity contribution in [1.82, 2.24) is 9.97 Å². The second-order valence-corrected chi connectivity index (χ2v) is 4.01. The lowest BCUT2D eigenvalue weighted by Gasteiger charge is -2.10. The zero-order valence-corrected chi connectivity index (χ0v) is 11.5. The highest BCUT2D eigenvalue weighted by Crippen LogP contribution is 2.30. The summed E-state index contributed by atoms with van der Waals surface area (Å²) in [5.74, 6) is 1.23. The summed E-state index contributed by atoms with van der Waals surface area (Å²) < 4.78 is 16.1. The van der Waals surface area contributed by atoms with Crippen molar-refractivity contribution in [1.29, 1.82) is 0 Å². The third-order valence-corrected chi connectivity index (χ3v) is 2.52. The molecule has 0 saturated carbocycles. The van der Waals surface area contributed by atoms with Crippen LogP contribution in [0, 0.1) is 0 Å². The Labute approximate surface area is 117 Å². The fourth-order valence-corrected chi connectivity index (χ4v) is 1.67. The summed E-state index contributed by atoms with van der Waals surface area (Å²) in [7, 11) is 1.64. The Hall–Kier alpha value is -2.34. The fourth-order valence-electron chi connectivity index (χ4n) is 1.67. The SMILES string of the molecule is CCOc1ncnc(Oc2cccc(COC)c2)c1N. The summed E-state index contributed by atoms with van der Waals surface area (Å²) in [5, 5.41) is 0. The maximum absolute atomic E-state index is 5.91. The lowest BCUT2D eigenvalue weighted by Crippen LogP contribution is -2.03. The van der Waals surface area contributed by atoms with Crippen molar-refractivity contribution in [2.75, 3.05) is 19.5 Å². The van der Waals surface area contributed by atoms with Crippen LogP contribution in [0.4, 0.5) is 5.69 Å². The number of anilines is 1. The van der Waals surface area contributed by atoms with Gasteiger partial charge in [0.25, 0.3) is 0 Å². The van der Waals surface area contributed by atoms with Crippen molar-refractivity contribution in [3.63, 3.8) is 0 Å². The number of hydrogen-bond donors (Lipinski definition) is 1. The number of aromatic nitrogens is 2. The van der Waals surface area contributed by atoms with E-state index in [1.807, 2.05) is 31.2 Å². The average molecular weight is 275 g/mol. The minimum absolute atomic E-state index is 0.276. The van der Waals surface area contributed by atoms with Crippen LogP contribution in [0.1, 0.15) is 12.5 Å². The van der Waals surface area contributed by atoms with Gasteiger partial charge in [-0.15, -0.1) is 0 Å². The second kappa shape index (κ2) is 6.72. The molecule has 0 atom stereocenters. The molecular weight excluding hydrogens is 258 g/mol. The highest BCUT2D eigenvalue weighted by molar-refractivity contribution is 5.56. The summed E-state index contributed by atoms with van der Waals surface area (Å²) in [6.07, 6.45) is 1.36. The lowest BCUT2D eigenvalue weighted by atomic mass is 10.2. The molecule has 0 saturated heterocycles. The fraction of sp³-hybridized carbons (Fsp3) is 0.286. The predicted molar refractivity (Wildman–Crippen MR) is 74.8 cm³/mol. The molecular formula is C14H17N3O3. The van der Waals surface area contributed by atoms with E-state index in [9.17, 15) is 0 Å². The number of hydrogen-bond acceptors (Lipinski definition) is 6. The molecule has 2 N–H and O–H groups in total. The molecule has 0 spiro atoms. The number of benzene rings is 1. The van der Waals surface area contributed by atoms with Gasteiger partial charge in [0.2, 0.25) is 11.8 Å². The third kappa shape index (κ3) is 3.36. The second-order valence-electron chi connectivity index (χ2n) is 4.01. The van der Waals surface area contributed by atoms with Gasteiger partial charge >= 0.3 is 0 Å². The summed E-state index contributed by atoms with van der Waals surface area (Å²) in [6.45, 7) is 2.85. The van der Waals surface area contributed by atoms with Gasteiger partial charge in [0.15, 0.2) is 5.69 Å². The average Bonchev–Trinajstić information content (AvgIpc) is 2.44. The summed E-state index contributed by atoms with van der Waals surface area (Å²) >= 11 is 0. The standard InChI is InChI=1S/C14H17N3O3/c1-3-19-13-12(15)14(17-9-16-13)20-11-6-4-5-10(7-11)8-18-2/h4-7,9H,3,8,15H2,1-2H3. The van der Waals surface area contributed by atoms with Gasteiger partial charge in [-0.3, -0.25) is 0 Å². The predicted octanol–water partition coefficient (Wildman–Crippen LogP) is 2.40. The van der Waals surface area contributed by atoms with E-state index in [4.69, 9.17) is 19.9 Å². The van der Waals surface area contributed by atoms with Crippen LogP contribution >= 0.6 is 0 Å². The van der Waals surface area contributed by atoms with E-state index < -0.39 is 0 Å². The molecule has 6 heteroatoms. The van der Waals surface area contributed by atoms with Gasteiger partial charge in [-0.05, 0) is 24.6 Å². The molecule has 6 nitrogen and oxygen atoms in total. The number of nitrogens with two attached hydrogens (primary N) is 1. The Morgan fingerprint density at radius 1 is 1.20 bits per heavy atom. The van der Waals surface area contributed by atoms with Crippen molar-refractivity contribution < 1.29 is 14.2 Å². The molecule has 1 aromatic carbocycles. The van der Waals surface area contributed by atoms with Gasteiger partial charge in [-0.1, -0.05) is 12.1 Å². The van der Waals surface area contributed by atoms with Gasteiger partial charge in [0.05, 0.1) is 13.2 Å².